The van der Waals surface area contributed by atoms with Crippen molar-refractivity contribution < 1.29 is 13.6 Å². The maximum absolute atomic E-state index is 13.2. The van der Waals surface area contributed by atoms with E-state index in [9.17, 15) is 18.4 Å². The lowest BCUT2D eigenvalue weighted by atomic mass is 10.1. The molecule has 140 valence electrons. The van der Waals surface area contributed by atoms with E-state index < -0.39 is 10.0 Å². The largest absolute Gasteiger partial charge is 0.428 e. The van der Waals surface area contributed by atoms with Crippen LogP contribution < -0.4 is 10.8 Å². The third-order valence-electron chi connectivity index (χ3n) is 4.41. The van der Waals surface area contributed by atoms with Gasteiger partial charge in [-0.15, -0.1) is 0 Å². The molecule has 1 N–H and O–H groups in total. The fraction of sp³-hybridized carbons (Fsp3) is 0.0476. The van der Waals surface area contributed by atoms with E-state index in [4.69, 9.17) is 0 Å². The molecule has 7 heteroatoms. The fourth-order valence-electron chi connectivity index (χ4n) is 3.18. The summed E-state index contributed by atoms with van der Waals surface area (Å²) in [6.07, 6.45) is 2.54. The molecule has 0 saturated heterocycles. The predicted molar refractivity (Wildman–Crippen MR) is 109 cm³/mol. The molecule has 0 aliphatic carbocycles. The first-order chi connectivity index (χ1) is 13.3. The van der Waals surface area contributed by atoms with Crippen LogP contribution >= 0.6 is 0 Å². The van der Waals surface area contributed by atoms with E-state index in [1.54, 1.807) is 30.5 Å². The van der Waals surface area contributed by atoms with Crippen LogP contribution in [-0.4, -0.2) is 24.6 Å². The maximum Gasteiger partial charge on any atom is 0.250 e. The second kappa shape index (κ2) is 6.61. The lowest BCUT2D eigenvalue weighted by Gasteiger charge is -2.06. The normalized spacial score (nSPS) is 12.5. The summed E-state index contributed by atoms with van der Waals surface area (Å²) in [5, 5.41) is 11.9. The van der Waals surface area contributed by atoms with Gasteiger partial charge in [0, 0.05) is 10.9 Å². The minimum atomic E-state index is -3.59. The van der Waals surface area contributed by atoms with Crippen LogP contribution in [0.5, 0.6) is 0 Å². The summed E-state index contributed by atoms with van der Waals surface area (Å²) >= 11 is 0. The van der Waals surface area contributed by atoms with Gasteiger partial charge in [0.15, 0.2) is 5.43 Å². The highest BCUT2D eigenvalue weighted by Gasteiger charge is 2.09. The Hall–Kier alpha value is -3.45. The van der Waals surface area contributed by atoms with Crippen molar-refractivity contribution in [1.82, 2.24) is 4.73 Å². The molecule has 0 atom stereocenters. The molecule has 0 spiro atoms. The fourth-order valence-corrected chi connectivity index (χ4v) is 3.67. The van der Waals surface area contributed by atoms with Gasteiger partial charge in [-0.05, 0) is 35.2 Å². The lowest BCUT2D eigenvalue weighted by Crippen LogP contribution is -2.09. The number of aromatic nitrogens is 1. The Morgan fingerprint density at radius 1 is 0.893 bits per heavy atom. The Labute approximate surface area is 160 Å². The van der Waals surface area contributed by atoms with E-state index >= 15 is 0 Å². The second-order valence-corrected chi connectivity index (χ2v) is 8.15. The summed E-state index contributed by atoms with van der Waals surface area (Å²) in [4.78, 5) is 13.2. The summed E-state index contributed by atoms with van der Waals surface area (Å²) < 4.78 is 27.5. The molecule has 0 saturated carbocycles. The second-order valence-electron chi connectivity index (χ2n) is 6.50. The number of pyridine rings is 1. The molecule has 0 unspecified atom stereocenters. The first-order valence-corrected chi connectivity index (χ1v) is 10.3. The van der Waals surface area contributed by atoms with Gasteiger partial charge in [0.25, 0.3) is 10.0 Å². The molecule has 3 aromatic carbocycles. The molecule has 0 radical (unpaired) electrons. The zero-order valence-electron chi connectivity index (χ0n) is 14.9. The van der Waals surface area contributed by atoms with Crippen LogP contribution in [0.2, 0.25) is 0 Å². The van der Waals surface area contributed by atoms with Crippen LogP contribution in [0.15, 0.2) is 82.1 Å². The molecular weight excluding hydrogens is 376 g/mol. The highest BCUT2D eigenvalue weighted by atomic mass is 32.2. The van der Waals surface area contributed by atoms with E-state index in [1.165, 1.54) is 12.1 Å². The highest BCUT2D eigenvalue weighted by molar-refractivity contribution is 7.89. The van der Waals surface area contributed by atoms with E-state index in [-0.39, 0.29) is 10.8 Å². The van der Waals surface area contributed by atoms with Crippen molar-refractivity contribution in [3.8, 4) is 11.1 Å². The van der Waals surface area contributed by atoms with Gasteiger partial charge in [-0.2, -0.15) is 9.13 Å². The van der Waals surface area contributed by atoms with Gasteiger partial charge in [0.05, 0.1) is 28.7 Å². The molecule has 1 heterocycles. The van der Waals surface area contributed by atoms with Crippen molar-refractivity contribution in [1.29, 1.82) is 0 Å². The number of nitrogens with zero attached hydrogens (tertiary/aromatic N) is 2. The number of benzene rings is 2. The Bertz CT molecular complexity index is 1460. The summed E-state index contributed by atoms with van der Waals surface area (Å²) in [7, 11) is -3.59. The van der Waals surface area contributed by atoms with Crippen LogP contribution in [0.25, 0.3) is 32.8 Å². The van der Waals surface area contributed by atoms with Crippen molar-refractivity contribution in [2.45, 2.75) is 0 Å². The number of rotatable bonds is 2. The zero-order chi connectivity index (χ0) is 19.9. The van der Waals surface area contributed by atoms with E-state index in [0.717, 1.165) is 16.5 Å². The van der Waals surface area contributed by atoms with Gasteiger partial charge in [-0.25, -0.2) is 8.42 Å². The average molecular weight is 392 g/mol. The Morgan fingerprint density at radius 2 is 1.61 bits per heavy atom. The first-order valence-electron chi connectivity index (χ1n) is 8.46. The third kappa shape index (κ3) is 3.39. The molecule has 4 rings (SSSR count). The van der Waals surface area contributed by atoms with Gasteiger partial charge < -0.3 is 5.21 Å². The number of fused-ring (bicyclic) bond motifs is 2. The smallest absolute Gasteiger partial charge is 0.250 e. The topological polar surface area (TPSA) is 88.7 Å². The average Bonchev–Trinajstić information content (AvgIpc) is 2.79. The molecule has 1 aromatic heterocycles. The predicted octanol–water partition coefficient (Wildman–Crippen LogP) is 2.92. The van der Waals surface area contributed by atoms with Gasteiger partial charge >= 0.3 is 0 Å². The Kier molecular flexibility index (Phi) is 4.24. The summed E-state index contributed by atoms with van der Waals surface area (Å²) in [5.41, 5.74) is 1.57. The molecule has 0 aliphatic rings. The number of hydrogen-bond donors (Lipinski definition) is 1. The lowest BCUT2D eigenvalue weighted by molar-refractivity contribution is 0.198. The summed E-state index contributed by atoms with van der Waals surface area (Å²) in [5.74, 6) is 0. The minimum Gasteiger partial charge on any atom is -0.428 e. The Morgan fingerprint density at radius 3 is 2.32 bits per heavy atom. The van der Waals surface area contributed by atoms with Crippen molar-refractivity contribution in [2.24, 2.45) is 4.40 Å². The molecule has 6 nitrogen and oxygen atoms in total. The van der Waals surface area contributed by atoms with Crippen LogP contribution in [0.4, 0.5) is 0 Å². The standard InChI is InChI=1S/C21H16N2O4S/c1-28(26,27)22-17-9-7-15-8-10-20-19(21(24)18(15)12-17)11-16(13-23(20)25)14-5-3-2-4-6-14/h2-13,25H,1H3. The first kappa shape index (κ1) is 17.9. The number of hydrogen-bond acceptors (Lipinski definition) is 4. The van der Waals surface area contributed by atoms with Crippen molar-refractivity contribution in [2.75, 3.05) is 6.26 Å². The van der Waals surface area contributed by atoms with Crippen LogP contribution in [-0.2, 0) is 10.0 Å². The van der Waals surface area contributed by atoms with Crippen molar-refractivity contribution >= 4 is 31.7 Å². The Balaban J connectivity index is 2.12. The maximum atomic E-state index is 13.2. The van der Waals surface area contributed by atoms with Gasteiger partial charge in [0.2, 0.25) is 0 Å². The van der Waals surface area contributed by atoms with E-state index in [2.05, 4.69) is 4.40 Å². The summed E-state index contributed by atoms with van der Waals surface area (Å²) in [6, 6.07) is 19.1. The summed E-state index contributed by atoms with van der Waals surface area (Å²) in [6.45, 7) is 0. The SMILES string of the molecule is CS(=O)(=O)N=c1ccc2ccc3c(cc(-c4ccccc4)cn3O)c(=O)c2c1. The van der Waals surface area contributed by atoms with Crippen LogP contribution in [0, 0.1) is 0 Å². The molecule has 0 amide bonds. The van der Waals surface area contributed by atoms with E-state index in [0.29, 0.717) is 27.2 Å². The molecule has 28 heavy (non-hydrogen) atoms. The van der Waals surface area contributed by atoms with Crippen molar-refractivity contribution in [3.05, 3.63) is 88.5 Å². The molecule has 0 bridgehead atoms. The molecule has 0 aliphatic heterocycles. The van der Waals surface area contributed by atoms with Gasteiger partial charge in [-0.1, -0.05) is 42.5 Å². The van der Waals surface area contributed by atoms with Crippen LogP contribution in [0.3, 0.4) is 0 Å². The van der Waals surface area contributed by atoms with Gasteiger partial charge in [0.1, 0.15) is 0 Å². The van der Waals surface area contributed by atoms with Crippen LogP contribution in [0.1, 0.15) is 0 Å². The van der Waals surface area contributed by atoms with Crippen molar-refractivity contribution in [3.63, 3.8) is 0 Å². The third-order valence-corrected chi connectivity index (χ3v) is 4.95. The van der Waals surface area contributed by atoms with Gasteiger partial charge in [-0.3, -0.25) is 4.79 Å². The molecule has 0 fully saturated rings. The molecule has 4 aromatic rings. The molecular formula is C21H16N2O4S. The quantitative estimate of drug-likeness (QED) is 0.531. The minimum absolute atomic E-state index is 0.183. The van der Waals surface area contributed by atoms with E-state index in [1.807, 2.05) is 30.3 Å². The zero-order valence-corrected chi connectivity index (χ0v) is 15.7. The highest BCUT2D eigenvalue weighted by Crippen LogP contribution is 2.23. The number of sulfonamides is 1. The monoisotopic (exact) mass is 392 g/mol.